The second-order valence-electron chi connectivity index (χ2n) is 6.42. The van der Waals surface area contributed by atoms with E-state index in [4.69, 9.17) is 9.47 Å². The number of carbonyl (C=O) groups is 1. The molecule has 0 bridgehead atoms. The van der Waals surface area contributed by atoms with Crippen molar-refractivity contribution in [2.45, 2.75) is 71.2 Å². The van der Waals surface area contributed by atoms with E-state index in [9.17, 15) is 4.79 Å². The smallest absolute Gasteiger partial charge is 0.407 e. The van der Waals surface area contributed by atoms with Gasteiger partial charge in [0.05, 0.1) is 18.8 Å². The summed E-state index contributed by atoms with van der Waals surface area (Å²) >= 11 is 0. The molecular weight excluding hydrogens is 321 g/mol. The molecule has 0 aromatic heterocycles. The number of alkyl carbamates (subject to hydrolysis) is 1. The molecule has 0 heterocycles. The number of ether oxygens (including phenoxy) is 2. The van der Waals surface area contributed by atoms with Crippen LogP contribution in [0, 0.1) is 0 Å². The highest BCUT2D eigenvalue weighted by Gasteiger charge is 2.20. The van der Waals surface area contributed by atoms with Gasteiger partial charge in [-0.25, -0.2) is 4.79 Å². The molecule has 0 saturated heterocycles. The summed E-state index contributed by atoms with van der Waals surface area (Å²) in [5.41, 5.74) is 1.19. The lowest BCUT2D eigenvalue weighted by Crippen LogP contribution is -2.33. The van der Waals surface area contributed by atoms with Crippen LogP contribution >= 0.6 is 9.24 Å². The van der Waals surface area contributed by atoms with Gasteiger partial charge in [0.25, 0.3) is 0 Å². The van der Waals surface area contributed by atoms with Gasteiger partial charge in [0.2, 0.25) is 0 Å². The summed E-state index contributed by atoms with van der Waals surface area (Å²) in [4.78, 5) is 12.1. The highest BCUT2D eigenvalue weighted by Crippen LogP contribution is 2.26. The maximum absolute atomic E-state index is 12.1. The molecule has 136 valence electrons. The SMILES string of the molecule is CCCCCCOC(=O)N[C@H](c1cccc(OC(C)C)c1)[C@H](C)P. The molecule has 1 aromatic rings. The molecule has 24 heavy (non-hydrogen) atoms. The van der Waals surface area contributed by atoms with Gasteiger partial charge in [-0.15, -0.1) is 9.24 Å². The lowest BCUT2D eigenvalue weighted by Gasteiger charge is -2.23. The second kappa shape index (κ2) is 11.3. The quantitative estimate of drug-likeness (QED) is 0.471. The first-order valence-electron chi connectivity index (χ1n) is 8.89. The molecular formula is C19H32NO3P. The molecule has 1 amide bonds. The summed E-state index contributed by atoms with van der Waals surface area (Å²) < 4.78 is 11.0. The molecule has 1 N–H and O–H groups in total. The van der Waals surface area contributed by atoms with Crippen LogP contribution in [0.25, 0.3) is 0 Å². The molecule has 1 unspecified atom stereocenters. The Bertz CT molecular complexity index is 491. The fraction of sp³-hybridized carbons (Fsp3) is 0.632. The average molecular weight is 353 g/mol. The Hall–Kier alpha value is -1.28. The molecule has 0 aliphatic heterocycles. The minimum Gasteiger partial charge on any atom is -0.491 e. The average Bonchev–Trinajstić information content (AvgIpc) is 2.51. The zero-order valence-corrected chi connectivity index (χ0v) is 16.5. The van der Waals surface area contributed by atoms with E-state index in [1.807, 2.05) is 45.0 Å². The molecule has 0 fully saturated rings. The molecule has 1 rings (SSSR count). The number of hydrogen-bond donors (Lipinski definition) is 1. The number of amides is 1. The molecule has 4 nitrogen and oxygen atoms in total. The van der Waals surface area contributed by atoms with E-state index in [0.717, 1.165) is 24.2 Å². The standard InChI is InChI=1S/C19H32NO3P/c1-5-6-7-8-12-22-19(21)20-18(15(4)24)16-10-9-11-17(13-16)23-14(2)3/h9-11,13-15,18H,5-8,12,24H2,1-4H3,(H,20,21)/t15-,18-/m0/s1. The Morgan fingerprint density at radius 1 is 1.21 bits per heavy atom. The van der Waals surface area contributed by atoms with Crippen LogP contribution in [-0.2, 0) is 4.74 Å². The lowest BCUT2D eigenvalue weighted by molar-refractivity contribution is 0.139. The molecule has 5 heteroatoms. The fourth-order valence-corrected chi connectivity index (χ4v) is 2.75. The van der Waals surface area contributed by atoms with Gasteiger partial charge in [0, 0.05) is 0 Å². The first-order valence-corrected chi connectivity index (χ1v) is 9.56. The molecule has 0 aliphatic rings. The highest BCUT2D eigenvalue weighted by atomic mass is 31.0. The topological polar surface area (TPSA) is 47.6 Å². The Balaban J connectivity index is 2.62. The predicted molar refractivity (Wildman–Crippen MR) is 103 cm³/mol. The van der Waals surface area contributed by atoms with Crippen LogP contribution in [0.3, 0.4) is 0 Å². The van der Waals surface area contributed by atoms with Gasteiger partial charge in [-0.05, 0) is 43.6 Å². The van der Waals surface area contributed by atoms with Crippen molar-refractivity contribution in [3.8, 4) is 5.75 Å². The van der Waals surface area contributed by atoms with Crippen molar-refractivity contribution in [1.29, 1.82) is 0 Å². The number of nitrogens with one attached hydrogen (secondary N) is 1. The maximum atomic E-state index is 12.1. The summed E-state index contributed by atoms with van der Waals surface area (Å²) in [7, 11) is 2.75. The molecule has 0 radical (unpaired) electrons. The molecule has 0 aliphatic carbocycles. The summed E-state index contributed by atoms with van der Waals surface area (Å²) in [6.07, 6.45) is 4.13. The molecule has 1 aromatic carbocycles. The summed E-state index contributed by atoms with van der Waals surface area (Å²) in [6, 6.07) is 7.73. The van der Waals surface area contributed by atoms with Crippen molar-refractivity contribution in [2.24, 2.45) is 0 Å². The van der Waals surface area contributed by atoms with Crippen LogP contribution in [0.4, 0.5) is 4.79 Å². The first-order chi connectivity index (χ1) is 11.4. The van der Waals surface area contributed by atoms with Crippen LogP contribution in [-0.4, -0.2) is 24.5 Å². The Kier molecular flexibility index (Phi) is 9.78. The van der Waals surface area contributed by atoms with Crippen molar-refractivity contribution < 1.29 is 14.3 Å². The zero-order chi connectivity index (χ0) is 17.9. The third-order valence-electron chi connectivity index (χ3n) is 3.62. The normalized spacial score (nSPS) is 13.4. The number of benzene rings is 1. The number of rotatable bonds is 10. The van der Waals surface area contributed by atoms with E-state index < -0.39 is 0 Å². The Morgan fingerprint density at radius 3 is 2.58 bits per heavy atom. The van der Waals surface area contributed by atoms with Gasteiger partial charge in [-0.2, -0.15) is 0 Å². The maximum Gasteiger partial charge on any atom is 0.407 e. The van der Waals surface area contributed by atoms with Gasteiger partial charge < -0.3 is 14.8 Å². The van der Waals surface area contributed by atoms with Crippen molar-refractivity contribution in [1.82, 2.24) is 5.32 Å². The minimum absolute atomic E-state index is 0.119. The van der Waals surface area contributed by atoms with E-state index in [2.05, 4.69) is 21.5 Å². The third-order valence-corrected chi connectivity index (χ3v) is 4.00. The second-order valence-corrected chi connectivity index (χ2v) is 7.47. The fourth-order valence-electron chi connectivity index (χ4n) is 2.43. The van der Waals surface area contributed by atoms with Crippen LogP contribution < -0.4 is 10.1 Å². The van der Waals surface area contributed by atoms with Crippen molar-refractivity contribution in [3.63, 3.8) is 0 Å². The Morgan fingerprint density at radius 2 is 1.96 bits per heavy atom. The predicted octanol–water partition coefficient (Wildman–Crippen LogP) is 5.09. The highest BCUT2D eigenvalue weighted by molar-refractivity contribution is 7.17. The van der Waals surface area contributed by atoms with E-state index >= 15 is 0 Å². The number of carbonyl (C=O) groups excluding carboxylic acids is 1. The number of unbranched alkanes of at least 4 members (excludes halogenated alkanes) is 3. The van der Waals surface area contributed by atoms with Crippen molar-refractivity contribution in [2.75, 3.05) is 6.61 Å². The van der Waals surface area contributed by atoms with Gasteiger partial charge in [0.1, 0.15) is 5.75 Å². The Labute approximate surface area is 148 Å². The van der Waals surface area contributed by atoms with Crippen molar-refractivity contribution in [3.05, 3.63) is 29.8 Å². The monoisotopic (exact) mass is 353 g/mol. The lowest BCUT2D eigenvalue weighted by atomic mass is 10.0. The third kappa shape index (κ3) is 8.01. The largest absolute Gasteiger partial charge is 0.491 e. The summed E-state index contributed by atoms with van der Waals surface area (Å²) in [6.45, 7) is 8.68. The van der Waals surface area contributed by atoms with E-state index in [1.165, 1.54) is 12.8 Å². The molecule has 0 saturated carbocycles. The van der Waals surface area contributed by atoms with Crippen LogP contribution in [0.5, 0.6) is 5.75 Å². The first kappa shape index (κ1) is 20.8. The summed E-state index contributed by atoms with van der Waals surface area (Å²) in [5.74, 6) is 0.813. The van der Waals surface area contributed by atoms with Crippen LogP contribution in [0.15, 0.2) is 24.3 Å². The molecule has 3 atom stereocenters. The van der Waals surface area contributed by atoms with Gasteiger partial charge in [-0.1, -0.05) is 45.2 Å². The minimum atomic E-state index is -0.360. The van der Waals surface area contributed by atoms with E-state index in [-0.39, 0.29) is 23.9 Å². The van der Waals surface area contributed by atoms with E-state index in [0.29, 0.717) is 6.61 Å². The van der Waals surface area contributed by atoms with Gasteiger partial charge >= 0.3 is 6.09 Å². The van der Waals surface area contributed by atoms with Crippen molar-refractivity contribution >= 4 is 15.3 Å². The zero-order valence-electron chi connectivity index (χ0n) is 15.4. The van der Waals surface area contributed by atoms with Gasteiger partial charge in [-0.3, -0.25) is 0 Å². The van der Waals surface area contributed by atoms with Crippen LogP contribution in [0.2, 0.25) is 0 Å². The van der Waals surface area contributed by atoms with Crippen LogP contribution in [0.1, 0.15) is 65.0 Å². The number of hydrogen-bond acceptors (Lipinski definition) is 3. The van der Waals surface area contributed by atoms with Gasteiger partial charge in [0.15, 0.2) is 0 Å². The van der Waals surface area contributed by atoms with E-state index in [1.54, 1.807) is 0 Å². The summed E-state index contributed by atoms with van der Waals surface area (Å²) in [5, 5.41) is 2.97. The molecule has 0 spiro atoms.